The zero-order valence-electron chi connectivity index (χ0n) is 17.2. The van der Waals surface area contributed by atoms with Crippen molar-refractivity contribution >= 4 is 5.97 Å². The summed E-state index contributed by atoms with van der Waals surface area (Å²) >= 11 is 0. The summed E-state index contributed by atoms with van der Waals surface area (Å²) in [6.45, 7) is 10.3. The number of carboxylic acids is 1. The summed E-state index contributed by atoms with van der Waals surface area (Å²) in [5, 5.41) is 20.2. The second kappa shape index (κ2) is 12.7. The molecule has 0 saturated carbocycles. The third kappa shape index (κ3) is 7.39. The fourth-order valence-corrected chi connectivity index (χ4v) is 3.58. The molecule has 7 heteroatoms. The average Bonchev–Trinajstić information content (AvgIpc) is 2.68. The molecule has 1 aliphatic rings. The summed E-state index contributed by atoms with van der Waals surface area (Å²) in [6, 6.07) is 7.97. The van der Waals surface area contributed by atoms with E-state index < -0.39 is 12.0 Å². The Bertz CT molecular complexity index is 567. The molecule has 158 valence electrons. The first-order valence-corrected chi connectivity index (χ1v) is 10.5. The van der Waals surface area contributed by atoms with Gasteiger partial charge in [-0.3, -0.25) is 9.69 Å². The first-order chi connectivity index (χ1) is 13.7. The van der Waals surface area contributed by atoms with E-state index in [-0.39, 0.29) is 6.04 Å². The molecule has 1 heterocycles. The molecule has 2 atom stereocenters. The summed E-state index contributed by atoms with van der Waals surface area (Å²) < 4.78 is 5.54. The molecule has 4 N–H and O–H groups in total. The Hall–Kier alpha value is -1.67. The maximum Gasteiger partial charge on any atom is 0.320 e. The van der Waals surface area contributed by atoms with Crippen LogP contribution in [0, 0.1) is 0 Å². The molecule has 2 rings (SSSR count). The monoisotopic (exact) mass is 392 g/mol. The smallest absolute Gasteiger partial charge is 0.320 e. The lowest BCUT2D eigenvalue weighted by Crippen LogP contribution is -2.49. The van der Waals surface area contributed by atoms with Gasteiger partial charge in [0.25, 0.3) is 0 Å². The molecule has 1 saturated heterocycles. The fourth-order valence-electron chi connectivity index (χ4n) is 3.58. The lowest BCUT2D eigenvalue weighted by molar-refractivity contribution is -0.143. The van der Waals surface area contributed by atoms with Crippen LogP contribution >= 0.6 is 0 Å². The molecular weight excluding hydrogens is 356 g/mol. The molecule has 2 unspecified atom stereocenters. The average molecular weight is 393 g/mol. The number of carbonyl (C=O) groups is 1. The van der Waals surface area contributed by atoms with E-state index in [4.69, 9.17) is 4.74 Å². The van der Waals surface area contributed by atoms with Crippen molar-refractivity contribution in [3.05, 3.63) is 29.8 Å². The first kappa shape index (κ1) is 22.6. The Morgan fingerprint density at radius 3 is 2.54 bits per heavy atom. The van der Waals surface area contributed by atoms with Gasteiger partial charge in [0, 0.05) is 51.9 Å². The van der Waals surface area contributed by atoms with Gasteiger partial charge >= 0.3 is 5.97 Å². The highest BCUT2D eigenvalue weighted by molar-refractivity contribution is 5.73. The topological polar surface area (TPSA) is 85.9 Å². The number of ether oxygens (including phenoxy) is 1. The Balaban J connectivity index is 2.04. The van der Waals surface area contributed by atoms with Crippen LogP contribution in [0.3, 0.4) is 0 Å². The van der Waals surface area contributed by atoms with Crippen LogP contribution in [0.2, 0.25) is 0 Å². The van der Waals surface area contributed by atoms with E-state index in [9.17, 15) is 9.90 Å². The molecule has 0 bridgehead atoms. The standard InChI is InChI=1S/C21H36N4O3/c1-3-5-20(21(26)27)25-14-12-22-10-11-23-16-19(24-13-15-25)17-6-8-18(9-7-17)28-4-2/h6-9,19-20,22-24H,3-5,10-16H2,1-2H3,(H,26,27). The van der Waals surface area contributed by atoms with E-state index in [2.05, 4.69) is 33.0 Å². The first-order valence-electron chi connectivity index (χ1n) is 10.5. The summed E-state index contributed by atoms with van der Waals surface area (Å²) in [6.07, 6.45) is 1.55. The Kier molecular flexibility index (Phi) is 10.3. The maximum absolute atomic E-state index is 11.7. The van der Waals surface area contributed by atoms with E-state index in [1.165, 1.54) is 5.56 Å². The lowest BCUT2D eigenvalue weighted by atomic mass is 10.1. The second-order valence-electron chi connectivity index (χ2n) is 7.14. The number of hydrogen-bond acceptors (Lipinski definition) is 6. The predicted molar refractivity (Wildman–Crippen MR) is 112 cm³/mol. The SMILES string of the molecule is CCCC(C(=O)O)N1CCNCCNCC(c2ccc(OCC)cc2)NCC1. The van der Waals surface area contributed by atoms with Crippen molar-refractivity contribution in [1.82, 2.24) is 20.9 Å². The summed E-state index contributed by atoms with van der Waals surface area (Å²) in [7, 11) is 0. The molecule has 0 aliphatic carbocycles. The van der Waals surface area contributed by atoms with Gasteiger partial charge in [0.1, 0.15) is 11.8 Å². The minimum Gasteiger partial charge on any atom is -0.494 e. The Morgan fingerprint density at radius 2 is 1.86 bits per heavy atom. The van der Waals surface area contributed by atoms with Gasteiger partial charge < -0.3 is 25.8 Å². The van der Waals surface area contributed by atoms with E-state index in [1.54, 1.807) is 0 Å². The normalized spacial score (nSPS) is 21.3. The number of nitrogens with zero attached hydrogens (tertiary/aromatic N) is 1. The van der Waals surface area contributed by atoms with Crippen molar-refractivity contribution in [2.24, 2.45) is 0 Å². The van der Waals surface area contributed by atoms with E-state index in [1.807, 2.05) is 26.0 Å². The van der Waals surface area contributed by atoms with Crippen molar-refractivity contribution in [3.8, 4) is 5.75 Å². The molecule has 0 amide bonds. The van der Waals surface area contributed by atoms with Crippen LogP contribution in [0.1, 0.15) is 38.3 Å². The van der Waals surface area contributed by atoms with Gasteiger partial charge in [-0.05, 0) is 31.0 Å². The highest BCUT2D eigenvalue weighted by atomic mass is 16.5. The highest BCUT2D eigenvalue weighted by Crippen LogP contribution is 2.18. The predicted octanol–water partition coefficient (Wildman–Crippen LogP) is 1.46. The van der Waals surface area contributed by atoms with E-state index in [0.717, 1.165) is 51.4 Å². The second-order valence-corrected chi connectivity index (χ2v) is 7.14. The van der Waals surface area contributed by atoms with Crippen LogP contribution in [0.4, 0.5) is 0 Å². The molecule has 0 radical (unpaired) electrons. The van der Waals surface area contributed by atoms with Crippen molar-refractivity contribution in [2.45, 2.75) is 38.8 Å². The van der Waals surface area contributed by atoms with Gasteiger partial charge in [-0.15, -0.1) is 0 Å². The molecule has 0 aromatic heterocycles. The quantitative estimate of drug-likeness (QED) is 0.559. The van der Waals surface area contributed by atoms with Crippen LogP contribution in [0.5, 0.6) is 5.75 Å². The molecule has 1 aromatic rings. The summed E-state index contributed by atoms with van der Waals surface area (Å²) in [5.41, 5.74) is 1.20. The molecule has 1 fully saturated rings. The fraction of sp³-hybridized carbons (Fsp3) is 0.667. The van der Waals surface area contributed by atoms with Crippen molar-refractivity contribution in [2.75, 3.05) is 52.4 Å². The largest absolute Gasteiger partial charge is 0.494 e. The third-order valence-corrected chi connectivity index (χ3v) is 5.07. The van der Waals surface area contributed by atoms with E-state index in [0.29, 0.717) is 19.6 Å². The number of hydrogen-bond donors (Lipinski definition) is 4. The van der Waals surface area contributed by atoms with Crippen LogP contribution in [0.25, 0.3) is 0 Å². The zero-order valence-corrected chi connectivity index (χ0v) is 17.2. The number of nitrogens with one attached hydrogen (secondary N) is 3. The van der Waals surface area contributed by atoms with Crippen LogP contribution < -0.4 is 20.7 Å². The van der Waals surface area contributed by atoms with Crippen molar-refractivity contribution in [3.63, 3.8) is 0 Å². The Labute approximate surface area is 168 Å². The van der Waals surface area contributed by atoms with Gasteiger partial charge in [0.15, 0.2) is 0 Å². The molecule has 1 aliphatic heterocycles. The summed E-state index contributed by atoms with van der Waals surface area (Å²) in [5.74, 6) is 0.158. The molecule has 1 aromatic carbocycles. The van der Waals surface area contributed by atoms with Gasteiger partial charge in [0.05, 0.1) is 6.61 Å². The maximum atomic E-state index is 11.7. The van der Waals surface area contributed by atoms with Gasteiger partial charge in [-0.25, -0.2) is 0 Å². The van der Waals surface area contributed by atoms with Crippen LogP contribution in [-0.2, 0) is 4.79 Å². The Morgan fingerprint density at radius 1 is 1.14 bits per heavy atom. The van der Waals surface area contributed by atoms with Crippen LogP contribution in [0.15, 0.2) is 24.3 Å². The summed E-state index contributed by atoms with van der Waals surface area (Å²) in [4.78, 5) is 13.8. The number of carboxylic acid groups (broad SMARTS) is 1. The molecular formula is C21H36N4O3. The molecule has 0 spiro atoms. The molecule has 7 nitrogen and oxygen atoms in total. The number of benzene rings is 1. The molecule has 28 heavy (non-hydrogen) atoms. The van der Waals surface area contributed by atoms with Gasteiger partial charge in [0.2, 0.25) is 0 Å². The highest BCUT2D eigenvalue weighted by Gasteiger charge is 2.24. The third-order valence-electron chi connectivity index (χ3n) is 5.07. The number of rotatable bonds is 7. The number of aliphatic carboxylic acids is 1. The van der Waals surface area contributed by atoms with Gasteiger partial charge in [-0.2, -0.15) is 0 Å². The minimum absolute atomic E-state index is 0.173. The van der Waals surface area contributed by atoms with Crippen LogP contribution in [-0.4, -0.2) is 74.4 Å². The zero-order chi connectivity index (χ0) is 20.2. The van der Waals surface area contributed by atoms with Gasteiger partial charge in [-0.1, -0.05) is 25.5 Å². The van der Waals surface area contributed by atoms with E-state index >= 15 is 0 Å². The van der Waals surface area contributed by atoms with Crippen molar-refractivity contribution in [1.29, 1.82) is 0 Å². The lowest BCUT2D eigenvalue weighted by Gasteiger charge is -2.30. The minimum atomic E-state index is -0.723. The van der Waals surface area contributed by atoms with Crippen molar-refractivity contribution < 1.29 is 14.6 Å².